The first-order valence-corrected chi connectivity index (χ1v) is 8.29. The molecule has 0 saturated carbocycles. The lowest BCUT2D eigenvalue weighted by Gasteiger charge is -2.16. The molecule has 1 amide bonds. The second-order valence-electron chi connectivity index (χ2n) is 5.62. The highest BCUT2D eigenvalue weighted by molar-refractivity contribution is 9.10. The molecule has 6 heteroatoms. The molecule has 3 aromatic rings. The quantitative estimate of drug-likeness (QED) is 0.664. The molecule has 0 aliphatic rings. The van der Waals surface area contributed by atoms with E-state index < -0.39 is 0 Å². The largest absolute Gasteiger partial charge is 0.484 e. The van der Waals surface area contributed by atoms with Crippen LogP contribution in [0.1, 0.15) is 11.5 Å². The Balaban J connectivity index is 1.60. The minimum Gasteiger partial charge on any atom is -0.484 e. The summed E-state index contributed by atoms with van der Waals surface area (Å²) in [6, 6.07) is 13.6. The van der Waals surface area contributed by atoms with Crippen molar-refractivity contribution in [2.75, 3.05) is 13.7 Å². The summed E-state index contributed by atoms with van der Waals surface area (Å²) in [5.74, 6) is 1.28. The second-order valence-corrected chi connectivity index (χ2v) is 6.54. The van der Waals surface area contributed by atoms with Crippen LogP contribution in [0.5, 0.6) is 5.75 Å². The zero-order valence-electron chi connectivity index (χ0n) is 13.5. The third-order valence-electron chi connectivity index (χ3n) is 3.64. The van der Waals surface area contributed by atoms with Gasteiger partial charge in [0.2, 0.25) is 0 Å². The van der Waals surface area contributed by atoms with Crippen LogP contribution in [0, 0.1) is 6.92 Å². The number of hydrogen-bond donors (Lipinski definition) is 0. The van der Waals surface area contributed by atoms with E-state index in [9.17, 15) is 4.79 Å². The number of halogens is 1. The number of nitrogens with zero attached hydrogens (tertiary/aromatic N) is 2. The van der Waals surface area contributed by atoms with Gasteiger partial charge < -0.3 is 14.2 Å². The Morgan fingerprint density at radius 2 is 1.96 bits per heavy atom. The number of benzene rings is 2. The molecule has 2 aromatic carbocycles. The van der Waals surface area contributed by atoms with Crippen molar-refractivity contribution < 1.29 is 14.1 Å². The number of fused-ring (bicyclic) bond motifs is 1. The molecule has 0 spiro atoms. The van der Waals surface area contributed by atoms with Gasteiger partial charge in [-0.05, 0) is 42.0 Å². The van der Waals surface area contributed by atoms with Gasteiger partial charge in [-0.15, -0.1) is 0 Å². The first-order chi connectivity index (χ1) is 11.5. The highest BCUT2D eigenvalue weighted by Gasteiger charge is 2.12. The van der Waals surface area contributed by atoms with E-state index in [0.717, 1.165) is 26.7 Å². The van der Waals surface area contributed by atoms with E-state index in [1.54, 1.807) is 11.9 Å². The molecule has 5 nitrogen and oxygen atoms in total. The van der Waals surface area contributed by atoms with E-state index in [4.69, 9.17) is 9.26 Å². The summed E-state index contributed by atoms with van der Waals surface area (Å²) in [4.78, 5) is 13.7. The summed E-state index contributed by atoms with van der Waals surface area (Å²) in [5, 5.41) is 6.06. The average Bonchev–Trinajstić information content (AvgIpc) is 2.97. The molecule has 0 bridgehead atoms. The Hall–Kier alpha value is -2.34. The average molecular weight is 389 g/mol. The predicted octanol–water partition coefficient (Wildman–Crippen LogP) is 3.94. The summed E-state index contributed by atoms with van der Waals surface area (Å²) < 4.78 is 11.7. The van der Waals surface area contributed by atoms with Crippen molar-refractivity contribution in [3.05, 3.63) is 58.4 Å². The molecule has 0 aliphatic heterocycles. The highest BCUT2D eigenvalue weighted by Crippen LogP contribution is 2.24. The van der Waals surface area contributed by atoms with E-state index >= 15 is 0 Å². The lowest BCUT2D eigenvalue weighted by Crippen LogP contribution is -2.31. The van der Waals surface area contributed by atoms with Crippen LogP contribution in [0.3, 0.4) is 0 Å². The zero-order valence-corrected chi connectivity index (χ0v) is 15.0. The Labute approximate surface area is 148 Å². The number of rotatable bonds is 5. The van der Waals surface area contributed by atoms with Crippen molar-refractivity contribution in [1.29, 1.82) is 0 Å². The summed E-state index contributed by atoms with van der Waals surface area (Å²) in [6.07, 6.45) is 0. The van der Waals surface area contributed by atoms with Gasteiger partial charge in [-0.3, -0.25) is 4.79 Å². The molecule has 24 heavy (non-hydrogen) atoms. The number of hydrogen-bond acceptors (Lipinski definition) is 4. The van der Waals surface area contributed by atoms with Crippen LogP contribution in [-0.4, -0.2) is 29.6 Å². The monoisotopic (exact) mass is 388 g/mol. The number of carbonyl (C=O) groups excluding carboxylic acids is 1. The molecule has 0 aliphatic carbocycles. The van der Waals surface area contributed by atoms with Gasteiger partial charge >= 0.3 is 0 Å². The lowest BCUT2D eigenvalue weighted by atomic mass is 10.1. The third kappa shape index (κ3) is 3.94. The van der Waals surface area contributed by atoms with E-state index in [1.807, 2.05) is 49.4 Å². The fourth-order valence-corrected chi connectivity index (χ4v) is 2.74. The van der Waals surface area contributed by atoms with Gasteiger partial charge in [0, 0.05) is 17.6 Å². The van der Waals surface area contributed by atoms with E-state index in [2.05, 4.69) is 21.1 Å². The Morgan fingerprint density at radius 1 is 1.21 bits per heavy atom. The van der Waals surface area contributed by atoms with Gasteiger partial charge in [-0.25, -0.2) is 0 Å². The Morgan fingerprint density at radius 3 is 2.71 bits per heavy atom. The number of carbonyl (C=O) groups is 1. The molecule has 0 radical (unpaired) electrons. The maximum absolute atomic E-state index is 12.2. The number of aromatic nitrogens is 1. The highest BCUT2D eigenvalue weighted by atomic mass is 79.9. The van der Waals surface area contributed by atoms with E-state index in [-0.39, 0.29) is 12.5 Å². The lowest BCUT2D eigenvalue weighted by molar-refractivity contribution is -0.132. The van der Waals surface area contributed by atoms with Crippen LogP contribution in [0.4, 0.5) is 0 Å². The molecule has 0 atom stereocenters. The van der Waals surface area contributed by atoms with Crippen molar-refractivity contribution >= 4 is 32.6 Å². The van der Waals surface area contributed by atoms with Gasteiger partial charge in [0.25, 0.3) is 5.91 Å². The molecule has 0 N–H and O–H groups in total. The predicted molar refractivity (Wildman–Crippen MR) is 94.9 cm³/mol. The van der Waals surface area contributed by atoms with Gasteiger partial charge in [0.05, 0.1) is 6.54 Å². The van der Waals surface area contributed by atoms with E-state index in [0.29, 0.717) is 12.3 Å². The summed E-state index contributed by atoms with van der Waals surface area (Å²) >= 11 is 3.45. The number of ether oxygens (including phenoxy) is 1. The van der Waals surface area contributed by atoms with Crippen LogP contribution in [0.2, 0.25) is 0 Å². The van der Waals surface area contributed by atoms with Crippen molar-refractivity contribution in [1.82, 2.24) is 10.1 Å². The van der Waals surface area contributed by atoms with Crippen molar-refractivity contribution in [3.8, 4) is 5.75 Å². The molecule has 0 fully saturated rings. The maximum atomic E-state index is 12.2. The molecular formula is C18H17BrN2O3. The normalized spacial score (nSPS) is 10.8. The fourth-order valence-electron chi connectivity index (χ4n) is 2.36. The summed E-state index contributed by atoms with van der Waals surface area (Å²) in [5.41, 5.74) is 0.722. The van der Waals surface area contributed by atoms with Crippen LogP contribution in [0.15, 0.2) is 51.5 Å². The first-order valence-electron chi connectivity index (χ1n) is 7.49. The Kier molecular flexibility index (Phi) is 4.85. The molecule has 1 aromatic heterocycles. The fraction of sp³-hybridized carbons (Fsp3) is 0.222. The van der Waals surface area contributed by atoms with E-state index in [1.165, 1.54) is 0 Å². The van der Waals surface area contributed by atoms with Crippen molar-refractivity contribution in [2.24, 2.45) is 0 Å². The number of amides is 1. The minimum atomic E-state index is -0.119. The number of likely N-dealkylation sites (N-methyl/N-ethyl adjacent to an activating group) is 1. The number of aryl methyl sites for hydroxylation is 1. The van der Waals surface area contributed by atoms with Crippen LogP contribution >= 0.6 is 15.9 Å². The van der Waals surface area contributed by atoms with Crippen LogP contribution in [-0.2, 0) is 11.3 Å². The molecule has 3 rings (SSSR count). The van der Waals surface area contributed by atoms with Crippen molar-refractivity contribution in [3.63, 3.8) is 0 Å². The molecule has 124 valence electrons. The topological polar surface area (TPSA) is 55.6 Å². The molecular weight excluding hydrogens is 372 g/mol. The molecule has 0 saturated heterocycles. The van der Waals surface area contributed by atoms with Crippen LogP contribution in [0.25, 0.3) is 10.8 Å². The summed E-state index contributed by atoms with van der Waals surface area (Å²) in [7, 11) is 1.72. The zero-order chi connectivity index (χ0) is 17.1. The van der Waals surface area contributed by atoms with Crippen LogP contribution < -0.4 is 4.74 Å². The van der Waals surface area contributed by atoms with Crippen molar-refractivity contribution in [2.45, 2.75) is 13.5 Å². The van der Waals surface area contributed by atoms with Gasteiger partial charge in [-0.1, -0.05) is 33.2 Å². The SMILES string of the molecule is Cc1cc(CN(C)C(=O)COc2ccc3cc(Br)ccc3c2)no1. The minimum absolute atomic E-state index is 0.0185. The first kappa shape index (κ1) is 16.5. The third-order valence-corrected chi connectivity index (χ3v) is 4.13. The molecule has 0 unspecified atom stereocenters. The Bertz CT molecular complexity index is 876. The second kappa shape index (κ2) is 7.05. The van der Waals surface area contributed by atoms with Gasteiger partial charge in [0.15, 0.2) is 6.61 Å². The van der Waals surface area contributed by atoms with Gasteiger partial charge in [-0.2, -0.15) is 0 Å². The smallest absolute Gasteiger partial charge is 0.260 e. The maximum Gasteiger partial charge on any atom is 0.260 e. The van der Waals surface area contributed by atoms with Gasteiger partial charge in [0.1, 0.15) is 17.2 Å². The standard InChI is InChI=1S/C18H17BrN2O3/c1-12-7-16(20-24-12)10-21(2)18(22)11-23-17-6-4-13-8-15(19)5-3-14(13)9-17/h3-9H,10-11H2,1-2H3. The summed E-state index contributed by atoms with van der Waals surface area (Å²) in [6.45, 7) is 2.19. The molecule has 1 heterocycles.